The quantitative estimate of drug-likeness (QED) is 0.824. The third-order valence-electron chi connectivity index (χ3n) is 3.50. The first-order valence-corrected chi connectivity index (χ1v) is 8.62. The van der Waals surface area contributed by atoms with E-state index in [-0.39, 0.29) is 11.5 Å². The molecule has 0 saturated carbocycles. The Hall–Kier alpha value is -0.890. The molecule has 1 aromatic rings. The van der Waals surface area contributed by atoms with Gasteiger partial charge in [-0.2, -0.15) is 0 Å². The first-order chi connectivity index (χ1) is 9.56. The van der Waals surface area contributed by atoms with Crippen LogP contribution < -0.4 is 4.83 Å². The van der Waals surface area contributed by atoms with E-state index in [9.17, 15) is 13.5 Å². The normalized spacial score (nSPS) is 17.5. The van der Waals surface area contributed by atoms with Crippen LogP contribution in [0.15, 0.2) is 17.2 Å². The van der Waals surface area contributed by atoms with Crippen LogP contribution in [0.5, 0.6) is 0 Å². The van der Waals surface area contributed by atoms with Crippen LogP contribution in [0.2, 0.25) is 0 Å². The van der Waals surface area contributed by atoms with E-state index < -0.39 is 10.0 Å². The van der Waals surface area contributed by atoms with Crippen molar-refractivity contribution in [2.45, 2.75) is 50.7 Å². The van der Waals surface area contributed by atoms with Gasteiger partial charge in [-0.1, -0.05) is 13.3 Å². The molecular weight excluding hydrogens is 278 g/mol. The number of piperidine rings is 1. The van der Waals surface area contributed by atoms with Gasteiger partial charge < -0.3 is 9.67 Å². The van der Waals surface area contributed by atoms with Crippen LogP contribution in [0.1, 0.15) is 38.3 Å². The topological polar surface area (TPSA) is 74.6 Å². The van der Waals surface area contributed by atoms with E-state index in [4.69, 9.17) is 0 Å². The van der Waals surface area contributed by atoms with Gasteiger partial charge in [0.05, 0.1) is 6.61 Å². The number of hydrogen-bond acceptors (Lipinski definition) is 4. The average Bonchev–Trinajstić information content (AvgIpc) is 2.84. The van der Waals surface area contributed by atoms with Crippen LogP contribution in [0.4, 0.5) is 0 Å². The van der Waals surface area contributed by atoms with E-state index in [0.29, 0.717) is 12.2 Å². The second kappa shape index (κ2) is 6.71. The Morgan fingerprint density at radius 2 is 2.00 bits per heavy atom. The van der Waals surface area contributed by atoms with Gasteiger partial charge in [0.2, 0.25) is 0 Å². The molecule has 0 atom stereocenters. The van der Waals surface area contributed by atoms with Gasteiger partial charge in [-0.25, -0.2) is 13.4 Å². The monoisotopic (exact) mass is 301 g/mol. The number of hydrogen-bond donors (Lipinski definition) is 2. The molecule has 20 heavy (non-hydrogen) atoms. The molecule has 0 unspecified atom stereocenters. The van der Waals surface area contributed by atoms with Crippen molar-refractivity contribution < 1.29 is 13.5 Å². The first-order valence-electron chi connectivity index (χ1n) is 7.14. The summed E-state index contributed by atoms with van der Waals surface area (Å²) in [6, 6.07) is 1.54. The highest BCUT2D eigenvalue weighted by atomic mass is 32.2. The lowest BCUT2D eigenvalue weighted by Gasteiger charge is -2.26. The van der Waals surface area contributed by atoms with Gasteiger partial charge in [0.25, 0.3) is 10.0 Å². The Kier molecular flexibility index (Phi) is 5.20. The molecule has 114 valence electrons. The predicted molar refractivity (Wildman–Crippen MR) is 76.4 cm³/mol. The third kappa shape index (κ3) is 3.60. The fourth-order valence-corrected chi connectivity index (χ4v) is 3.65. The summed E-state index contributed by atoms with van der Waals surface area (Å²) in [6.45, 7) is 4.07. The molecule has 1 aromatic heterocycles. The van der Waals surface area contributed by atoms with E-state index in [0.717, 1.165) is 38.8 Å². The van der Waals surface area contributed by atoms with E-state index in [1.807, 2.05) is 6.92 Å². The highest BCUT2D eigenvalue weighted by Crippen LogP contribution is 2.16. The van der Waals surface area contributed by atoms with Crippen molar-refractivity contribution in [3.05, 3.63) is 18.0 Å². The molecule has 0 aromatic carbocycles. The summed E-state index contributed by atoms with van der Waals surface area (Å²) in [5.74, 6) is 0. The number of rotatable bonds is 6. The molecule has 1 saturated heterocycles. The zero-order valence-electron chi connectivity index (χ0n) is 11.9. The van der Waals surface area contributed by atoms with Crippen LogP contribution in [-0.4, -0.2) is 36.2 Å². The van der Waals surface area contributed by atoms with Crippen molar-refractivity contribution in [2.24, 2.45) is 0 Å². The van der Waals surface area contributed by atoms with Crippen molar-refractivity contribution in [1.82, 2.24) is 14.4 Å². The summed E-state index contributed by atoms with van der Waals surface area (Å²) >= 11 is 0. The lowest BCUT2D eigenvalue weighted by molar-refractivity contribution is 0.200. The highest BCUT2D eigenvalue weighted by Gasteiger charge is 2.22. The Morgan fingerprint density at radius 1 is 1.30 bits per heavy atom. The van der Waals surface area contributed by atoms with Crippen molar-refractivity contribution >= 4 is 10.0 Å². The average molecular weight is 301 g/mol. The molecule has 1 aliphatic rings. The molecule has 0 bridgehead atoms. The van der Waals surface area contributed by atoms with E-state index in [1.165, 1.54) is 0 Å². The minimum atomic E-state index is -3.55. The number of nitrogens with zero attached hydrogens (tertiary/aromatic N) is 2. The van der Waals surface area contributed by atoms with Crippen molar-refractivity contribution in [3.63, 3.8) is 0 Å². The molecule has 1 aliphatic heterocycles. The molecule has 1 fully saturated rings. The van der Waals surface area contributed by atoms with Crippen molar-refractivity contribution in [1.29, 1.82) is 0 Å². The van der Waals surface area contributed by atoms with Gasteiger partial charge in [0, 0.05) is 31.5 Å². The number of aryl methyl sites for hydroxylation is 1. The van der Waals surface area contributed by atoms with Gasteiger partial charge in [0.1, 0.15) is 4.90 Å². The Morgan fingerprint density at radius 3 is 2.60 bits per heavy atom. The van der Waals surface area contributed by atoms with Crippen molar-refractivity contribution in [3.8, 4) is 0 Å². The molecule has 2 N–H and O–H groups in total. The van der Waals surface area contributed by atoms with Gasteiger partial charge in [-0.05, 0) is 25.3 Å². The number of sulfonamides is 1. The van der Waals surface area contributed by atoms with Crippen LogP contribution in [-0.2, 0) is 23.2 Å². The van der Waals surface area contributed by atoms with Gasteiger partial charge in [-0.15, -0.1) is 4.83 Å². The molecule has 2 rings (SSSR count). The fourth-order valence-electron chi connectivity index (χ4n) is 2.46. The van der Waals surface area contributed by atoms with Crippen LogP contribution in [0.3, 0.4) is 0 Å². The number of aromatic nitrogens is 1. The molecule has 2 heterocycles. The second-order valence-corrected chi connectivity index (χ2v) is 6.82. The number of nitrogens with one attached hydrogen (secondary N) is 1. The number of aliphatic hydroxyl groups excluding tert-OH is 1. The predicted octanol–water partition coefficient (Wildman–Crippen LogP) is 1.07. The summed E-state index contributed by atoms with van der Waals surface area (Å²) in [7, 11) is -3.55. The number of hydrazine groups is 1. The standard InChI is InChI=1S/C13H23N3O3S/c1-2-6-15-10-13(9-12(15)11-17)20(18,19)14-16-7-4-3-5-8-16/h9-10,14,17H,2-8,11H2,1H3. The minimum absolute atomic E-state index is 0.154. The Labute approximate surface area is 120 Å². The zero-order chi connectivity index (χ0) is 14.6. The lowest BCUT2D eigenvalue weighted by Crippen LogP contribution is -2.44. The SMILES string of the molecule is CCCn1cc(S(=O)(=O)NN2CCCCC2)cc1CO. The van der Waals surface area contributed by atoms with Gasteiger partial charge >= 0.3 is 0 Å². The van der Waals surface area contributed by atoms with Gasteiger partial charge in [0.15, 0.2) is 0 Å². The van der Waals surface area contributed by atoms with E-state index in [1.54, 1.807) is 21.8 Å². The van der Waals surface area contributed by atoms with Crippen LogP contribution >= 0.6 is 0 Å². The minimum Gasteiger partial charge on any atom is -0.390 e. The first kappa shape index (κ1) is 15.5. The Bertz CT molecular complexity index is 533. The molecule has 0 aliphatic carbocycles. The molecule has 7 heteroatoms. The largest absolute Gasteiger partial charge is 0.390 e. The fraction of sp³-hybridized carbons (Fsp3) is 0.692. The molecule has 0 radical (unpaired) electrons. The van der Waals surface area contributed by atoms with Crippen molar-refractivity contribution in [2.75, 3.05) is 13.1 Å². The zero-order valence-corrected chi connectivity index (χ0v) is 12.7. The lowest BCUT2D eigenvalue weighted by atomic mass is 10.2. The maximum absolute atomic E-state index is 12.3. The Balaban J connectivity index is 2.15. The summed E-state index contributed by atoms with van der Waals surface area (Å²) in [4.78, 5) is 2.85. The summed E-state index contributed by atoms with van der Waals surface area (Å²) in [5.41, 5.74) is 0.630. The van der Waals surface area contributed by atoms with Gasteiger partial charge in [-0.3, -0.25) is 0 Å². The summed E-state index contributed by atoms with van der Waals surface area (Å²) < 4.78 is 26.5. The summed E-state index contributed by atoms with van der Waals surface area (Å²) in [6.07, 6.45) is 5.67. The van der Waals surface area contributed by atoms with Crippen LogP contribution in [0.25, 0.3) is 0 Å². The second-order valence-electron chi connectivity index (χ2n) is 5.16. The number of aliphatic hydroxyl groups is 1. The highest BCUT2D eigenvalue weighted by molar-refractivity contribution is 7.89. The smallest absolute Gasteiger partial charge is 0.254 e. The third-order valence-corrected chi connectivity index (χ3v) is 4.85. The molecule has 6 nitrogen and oxygen atoms in total. The van der Waals surface area contributed by atoms with Crippen LogP contribution in [0, 0.1) is 0 Å². The molecule has 0 amide bonds. The molecule has 0 spiro atoms. The van der Waals surface area contributed by atoms with E-state index in [2.05, 4.69) is 4.83 Å². The molecular formula is C13H23N3O3S. The maximum atomic E-state index is 12.3. The summed E-state index contributed by atoms with van der Waals surface area (Å²) in [5, 5.41) is 11.1. The maximum Gasteiger partial charge on any atom is 0.254 e. The van der Waals surface area contributed by atoms with E-state index >= 15 is 0 Å².